The predicted molar refractivity (Wildman–Crippen MR) is 69.6 cm³/mol. The van der Waals surface area contributed by atoms with E-state index in [9.17, 15) is 9.18 Å². The largest absolute Gasteiger partial charge is 0.491 e. The number of hydrogen-bond acceptors (Lipinski definition) is 3. The van der Waals surface area contributed by atoms with Gasteiger partial charge in [0.1, 0.15) is 0 Å². The van der Waals surface area contributed by atoms with Crippen LogP contribution in [0.15, 0.2) is 18.2 Å². The van der Waals surface area contributed by atoms with Gasteiger partial charge in [-0.3, -0.25) is 4.79 Å². The Labute approximate surface area is 112 Å². The number of halogens is 1. The summed E-state index contributed by atoms with van der Waals surface area (Å²) in [5.74, 6) is -0.307. The minimum atomic E-state index is -0.450. The van der Waals surface area contributed by atoms with Gasteiger partial charge in [0.05, 0.1) is 19.1 Å². The highest BCUT2D eigenvalue weighted by molar-refractivity contribution is 5.78. The molecule has 0 amide bonds. The fraction of sp³-hybridized carbons (Fsp3) is 0.533. The van der Waals surface area contributed by atoms with E-state index in [2.05, 4.69) is 0 Å². The van der Waals surface area contributed by atoms with Crippen molar-refractivity contribution in [3.63, 3.8) is 0 Å². The topological polar surface area (TPSA) is 35.5 Å². The first-order valence-electron chi connectivity index (χ1n) is 6.61. The summed E-state index contributed by atoms with van der Waals surface area (Å²) >= 11 is 0. The second kappa shape index (κ2) is 5.59. The summed E-state index contributed by atoms with van der Waals surface area (Å²) in [6, 6.07) is 4.89. The Kier molecular flexibility index (Phi) is 4.08. The number of carbonyl (C=O) groups excluding carboxylic acids is 1. The van der Waals surface area contributed by atoms with Crippen LogP contribution < -0.4 is 4.74 Å². The third kappa shape index (κ3) is 2.72. The maximum atomic E-state index is 13.8. The monoisotopic (exact) mass is 266 g/mol. The predicted octanol–water partition coefficient (Wildman–Crippen LogP) is 3.11. The average Bonchev–Trinajstić information content (AvgIpc) is 2.36. The lowest BCUT2D eigenvalue weighted by atomic mass is 9.65. The molecule has 0 radical (unpaired) electrons. The van der Waals surface area contributed by atoms with E-state index in [1.165, 1.54) is 13.2 Å². The minimum absolute atomic E-state index is 0.187. The summed E-state index contributed by atoms with van der Waals surface area (Å²) in [6.45, 7) is 2.25. The highest BCUT2D eigenvalue weighted by atomic mass is 19.1. The van der Waals surface area contributed by atoms with Crippen LogP contribution in [0.3, 0.4) is 0 Å². The van der Waals surface area contributed by atoms with Crippen LogP contribution in [0.2, 0.25) is 0 Å². The lowest BCUT2D eigenvalue weighted by molar-refractivity contribution is -0.158. The molecule has 1 aliphatic carbocycles. The van der Waals surface area contributed by atoms with Crippen molar-refractivity contribution in [1.82, 2.24) is 0 Å². The first-order valence-corrected chi connectivity index (χ1v) is 6.61. The van der Waals surface area contributed by atoms with E-state index in [0.29, 0.717) is 13.0 Å². The van der Waals surface area contributed by atoms with Crippen LogP contribution in [0.5, 0.6) is 5.75 Å². The molecule has 0 bridgehead atoms. The summed E-state index contributed by atoms with van der Waals surface area (Å²) in [5, 5.41) is 0. The van der Waals surface area contributed by atoms with Crippen molar-refractivity contribution < 1.29 is 18.7 Å². The van der Waals surface area contributed by atoms with Crippen molar-refractivity contribution >= 4 is 5.97 Å². The average molecular weight is 266 g/mol. The molecule has 0 heterocycles. The van der Waals surface area contributed by atoms with E-state index in [-0.39, 0.29) is 17.5 Å². The van der Waals surface area contributed by atoms with Crippen LogP contribution in [-0.2, 0) is 16.0 Å². The van der Waals surface area contributed by atoms with Crippen LogP contribution >= 0.6 is 0 Å². The lowest BCUT2D eigenvalue weighted by Gasteiger charge is -2.39. The number of esters is 1. The zero-order chi connectivity index (χ0) is 13.9. The molecule has 3 nitrogen and oxygen atoms in total. The summed E-state index contributed by atoms with van der Waals surface area (Å²) in [7, 11) is 1.40. The molecule has 1 fully saturated rings. The van der Waals surface area contributed by atoms with Crippen LogP contribution in [0.4, 0.5) is 4.39 Å². The van der Waals surface area contributed by atoms with E-state index < -0.39 is 5.41 Å². The van der Waals surface area contributed by atoms with Gasteiger partial charge in [0.15, 0.2) is 11.6 Å². The number of carbonyl (C=O) groups is 1. The Morgan fingerprint density at radius 1 is 1.42 bits per heavy atom. The zero-order valence-electron chi connectivity index (χ0n) is 11.4. The van der Waals surface area contributed by atoms with Crippen molar-refractivity contribution in [2.45, 2.75) is 32.6 Å². The molecule has 0 spiro atoms. The highest BCUT2D eigenvalue weighted by Gasteiger charge is 2.45. The SMILES string of the molecule is CCOc1ccc(CC2(C(=O)OC)CCC2)cc1F. The van der Waals surface area contributed by atoms with Crippen LogP contribution in [0, 0.1) is 11.2 Å². The molecule has 0 aromatic heterocycles. The van der Waals surface area contributed by atoms with Gasteiger partial charge in [-0.15, -0.1) is 0 Å². The molecule has 0 N–H and O–H groups in total. The normalized spacial score (nSPS) is 16.6. The Balaban J connectivity index is 2.14. The molecular weight excluding hydrogens is 247 g/mol. The van der Waals surface area contributed by atoms with Crippen LogP contribution in [0.25, 0.3) is 0 Å². The van der Waals surface area contributed by atoms with Crippen molar-refractivity contribution in [3.8, 4) is 5.75 Å². The summed E-state index contributed by atoms with van der Waals surface area (Å²) in [6.07, 6.45) is 3.18. The third-order valence-corrected chi connectivity index (χ3v) is 3.77. The molecule has 0 atom stereocenters. The molecule has 0 saturated heterocycles. The maximum absolute atomic E-state index is 13.8. The quantitative estimate of drug-likeness (QED) is 0.768. The Hall–Kier alpha value is -1.58. The number of hydrogen-bond donors (Lipinski definition) is 0. The smallest absolute Gasteiger partial charge is 0.312 e. The van der Waals surface area contributed by atoms with Gasteiger partial charge in [-0.2, -0.15) is 0 Å². The summed E-state index contributed by atoms with van der Waals surface area (Å²) in [4.78, 5) is 11.8. The Morgan fingerprint density at radius 3 is 2.63 bits per heavy atom. The van der Waals surface area contributed by atoms with E-state index in [1.54, 1.807) is 6.07 Å². The van der Waals surface area contributed by atoms with Gasteiger partial charge in [0, 0.05) is 0 Å². The van der Waals surface area contributed by atoms with E-state index in [4.69, 9.17) is 9.47 Å². The molecule has 1 saturated carbocycles. The maximum Gasteiger partial charge on any atom is 0.312 e. The number of ether oxygens (including phenoxy) is 2. The lowest BCUT2D eigenvalue weighted by Crippen LogP contribution is -2.40. The van der Waals surface area contributed by atoms with Gasteiger partial charge < -0.3 is 9.47 Å². The van der Waals surface area contributed by atoms with Gasteiger partial charge in [0.2, 0.25) is 0 Å². The van der Waals surface area contributed by atoms with Crippen molar-refractivity contribution in [2.75, 3.05) is 13.7 Å². The minimum Gasteiger partial charge on any atom is -0.491 e. The first kappa shape index (κ1) is 13.8. The molecule has 0 aliphatic heterocycles. The Bertz CT molecular complexity index is 466. The van der Waals surface area contributed by atoms with Crippen molar-refractivity contribution in [2.24, 2.45) is 5.41 Å². The molecule has 1 aromatic rings. The van der Waals surface area contributed by atoms with Crippen molar-refractivity contribution in [3.05, 3.63) is 29.6 Å². The first-order chi connectivity index (χ1) is 9.11. The summed E-state index contributed by atoms with van der Waals surface area (Å²) < 4.78 is 23.8. The van der Waals surface area contributed by atoms with Crippen molar-refractivity contribution in [1.29, 1.82) is 0 Å². The number of benzene rings is 1. The standard InChI is InChI=1S/C15H19FO3/c1-3-19-13-6-5-11(9-12(13)16)10-15(7-4-8-15)14(17)18-2/h5-6,9H,3-4,7-8,10H2,1-2H3. The molecule has 2 rings (SSSR count). The number of methoxy groups -OCH3 is 1. The molecule has 104 valence electrons. The van der Waals surface area contributed by atoms with Crippen LogP contribution in [0.1, 0.15) is 31.7 Å². The van der Waals surface area contributed by atoms with E-state index >= 15 is 0 Å². The summed E-state index contributed by atoms with van der Waals surface area (Å²) in [5.41, 5.74) is 0.361. The third-order valence-electron chi connectivity index (χ3n) is 3.77. The molecule has 1 aromatic carbocycles. The van der Waals surface area contributed by atoms with E-state index in [1.807, 2.05) is 13.0 Å². The second-order valence-electron chi connectivity index (χ2n) is 5.00. The fourth-order valence-corrected chi connectivity index (χ4v) is 2.59. The highest BCUT2D eigenvalue weighted by Crippen LogP contribution is 2.45. The van der Waals surface area contributed by atoms with Gasteiger partial charge in [-0.05, 0) is 43.9 Å². The Morgan fingerprint density at radius 2 is 2.16 bits per heavy atom. The van der Waals surface area contributed by atoms with Gasteiger partial charge in [0.25, 0.3) is 0 Å². The molecule has 0 unspecified atom stereocenters. The molecule has 4 heteroatoms. The zero-order valence-corrected chi connectivity index (χ0v) is 11.4. The molecule has 19 heavy (non-hydrogen) atoms. The molecular formula is C15H19FO3. The van der Waals surface area contributed by atoms with Gasteiger partial charge in [-0.1, -0.05) is 12.5 Å². The second-order valence-corrected chi connectivity index (χ2v) is 5.00. The molecule has 1 aliphatic rings. The fourth-order valence-electron chi connectivity index (χ4n) is 2.59. The van der Waals surface area contributed by atoms with E-state index in [0.717, 1.165) is 24.8 Å². The number of rotatable bonds is 5. The van der Waals surface area contributed by atoms with Gasteiger partial charge >= 0.3 is 5.97 Å². The van der Waals surface area contributed by atoms with Crippen LogP contribution in [-0.4, -0.2) is 19.7 Å². The van der Waals surface area contributed by atoms with Gasteiger partial charge in [-0.25, -0.2) is 4.39 Å².